The van der Waals surface area contributed by atoms with Crippen LogP contribution in [-0.2, 0) is 4.79 Å². The number of fused-ring (bicyclic) bond motifs is 1. The predicted molar refractivity (Wildman–Crippen MR) is 91.9 cm³/mol. The summed E-state index contributed by atoms with van der Waals surface area (Å²) in [5.74, 6) is -2.97. The minimum atomic E-state index is -4.80. The van der Waals surface area contributed by atoms with Crippen LogP contribution in [-0.4, -0.2) is 49.6 Å². The number of nitrogens with one attached hydrogen (secondary N) is 1. The molecule has 29 heavy (non-hydrogen) atoms. The van der Waals surface area contributed by atoms with Crippen molar-refractivity contribution in [3.8, 4) is 11.5 Å². The maximum absolute atomic E-state index is 12.2. The Hall–Kier alpha value is -3.48. The number of aromatic nitrogens is 3. The van der Waals surface area contributed by atoms with Crippen molar-refractivity contribution in [2.24, 2.45) is 0 Å². The highest BCUT2D eigenvalue weighted by atomic mass is 32.2. The molecule has 0 radical (unpaired) electrons. The van der Waals surface area contributed by atoms with Gasteiger partial charge in [0, 0.05) is 11.0 Å². The van der Waals surface area contributed by atoms with Crippen molar-refractivity contribution in [2.45, 2.75) is 16.3 Å². The minimum Gasteiger partial charge on any atom is -0.507 e. The summed E-state index contributed by atoms with van der Waals surface area (Å²) >= 11 is 1.04. The molecule has 1 amide bonds. The summed E-state index contributed by atoms with van der Waals surface area (Å²) in [4.78, 5) is 27.2. The fourth-order valence-electron chi connectivity index (χ4n) is 2.30. The molecule has 0 fully saturated rings. The average molecular weight is 428 g/mol. The number of carbonyl (C=O) groups excluding carboxylic acids is 1. The van der Waals surface area contributed by atoms with Crippen molar-refractivity contribution in [1.29, 1.82) is 0 Å². The van der Waals surface area contributed by atoms with Crippen LogP contribution < -0.4 is 10.1 Å². The standard InChI is InChI=1S/C16H11F3N4O5S/c17-16(18,19)28-8-1-3-9(4-2-8)29-11-5-10(24)13(14-21-7-22-23(11)14)15(27)20-6-12(25)26/h1-5,7,24H,6H2,(H,20,27)(H,25,26). The highest BCUT2D eigenvalue weighted by Crippen LogP contribution is 2.34. The van der Waals surface area contributed by atoms with E-state index in [9.17, 15) is 27.9 Å². The molecular formula is C16H11F3N4O5S. The Morgan fingerprint density at radius 3 is 2.55 bits per heavy atom. The van der Waals surface area contributed by atoms with Gasteiger partial charge >= 0.3 is 12.3 Å². The maximum atomic E-state index is 12.2. The van der Waals surface area contributed by atoms with Crippen LogP contribution in [0.3, 0.4) is 0 Å². The molecule has 13 heteroatoms. The van der Waals surface area contributed by atoms with Gasteiger partial charge in [-0.2, -0.15) is 5.10 Å². The van der Waals surface area contributed by atoms with E-state index >= 15 is 0 Å². The first-order valence-corrected chi connectivity index (χ1v) is 8.55. The Morgan fingerprint density at radius 1 is 1.24 bits per heavy atom. The van der Waals surface area contributed by atoms with Crippen LogP contribution in [0.25, 0.3) is 5.65 Å². The molecule has 9 nitrogen and oxygen atoms in total. The number of benzene rings is 1. The van der Waals surface area contributed by atoms with Crippen LogP contribution in [0.15, 0.2) is 46.6 Å². The number of hydrogen-bond acceptors (Lipinski definition) is 7. The van der Waals surface area contributed by atoms with Crippen LogP contribution in [0.5, 0.6) is 11.5 Å². The molecule has 0 spiro atoms. The largest absolute Gasteiger partial charge is 0.573 e. The second-order valence-corrected chi connectivity index (χ2v) is 6.53. The zero-order valence-electron chi connectivity index (χ0n) is 14.2. The van der Waals surface area contributed by atoms with Gasteiger partial charge in [-0.3, -0.25) is 9.59 Å². The molecule has 0 aliphatic carbocycles. The number of aromatic hydroxyl groups is 1. The summed E-state index contributed by atoms with van der Waals surface area (Å²) in [7, 11) is 0. The Labute approximate surface area is 164 Å². The summed E-state index contributed by atoms with van der Waals surface area (Å²) in [6.07, 6.45) is -3.67. The molecule has 0 saturated carbocycles. The number of nitrogens with zero attached hydrogens (tertiary/aromatic N) is 3. The molecule has 1 aromatic carbocycles. The number of amides is 1. The molecule has 3 rings (SSSR count). The molecule has 2 aromatic heterocycles. The molecule has 152 valence electrons. The van der Waals surface area contributed by atoms with Crippen molar-refractivity contribution < 1.29 is 37.7 Å². The van der Waals surface area contributed by atoms with Crippen LogP contribution in [0, 0.1) is 0 Å². The fraction of sp³-hybridized carbons (Fsp3) is 0.125. The quantitative estimate of drug-likeness (QED) is 0.546. The minimum absolute atomic E-state index is 0.0209. The van der Waals surface area contributed by atoms with E-state index in [0.717, 1.165) is 30.2 Å². The third kappa shape index (κ3) is 4.87. The van der Waals surface area contributed by atoms with E-state index in [0.29, 0.717) is 9.92 Å². The van der Waals surface area contributed by atoms with Crippen molar-refractivity contribution in [3.05, 3.63) is 42.2 Å². The predicted octanol–water partition coefficient (Wildman–Crippen LogP) is 2.30. The SMILES string of the molecule is O=C(O)CNC(=O)c1c(O)cc(Sc2ccc(OC(F)(F)F)cc2)n2ncnc12. The molecule has 2 heterocycles. The van der Waals surface area contributed by atoms with Crippen molar-refractivity contribution >= 4 is 29.3 Å². The molecule has 0 unspecified atom stereocenters. The first-order chi connectivity index (χ1) is 13.6. The zero-order chi connectivity index (χ0) is 21.2. The topological polar surface area (TPSA) is 126 Å². The van der Waals surface area contributed by atoms with Gasteiger partial charge in [0.1, 0.15) is 35.0 Å². The van der Waals surface area contributed by atoms with Crippen LogP contribution in [0.1, 0.15) is 10.4 Å². The first-order valence-electron chi connectivity index (χ1n) is 7.73. The van der Waals surface area contributed by atoms with Gasteiger partial charge in [-0.05, 0) is 24.3 Å². The highest BCUT2D eigenvalue weighted by molar-refractivity contribution is 7.99. The third-order valence-corrected chi connectivity index (χ3v) is 4.41. The molecule has 0 aliphatic rings. The number of alkyl halides is 3. The number of carboxylic acids is 1. The molecule has 0 aliphatic heterocycles. The number of pyridine rings is 1. The third-order valence-electron chi connectivity index (χ3n) is 3.40. The Balaban J connectivity index is 1.88. The molecular weight excluding hydrogens is 417 g/mol. The second-order valence-electron chi connectivity index (χ2n) is 5.44. The van der Waals surface area contributed by atoms with Gasteiger partial charge in [-0.15, -0.1) is 13.2 Å². The lowest BCUT2D eigenvalue weighted by Crippen LogP contribution is -2.29. The zero-order valence-corrected chi connectivity index (χ0v) is 15.0. The number of aliphatic carboxylic acids is 1. The van der Waals surface area contributed by atoms with Gasteiger partial charge in [0.25, 0.3) is 5.91 Å². The van der Waals surface area contributed by atoms with E-state index in [4.69, 9.17) is 5.11 Å². The van der Waals surface area contributed by atoms with E-state index < -0.39 is 30.5 Å². The number of carboxylic acid groups (broad SMARTS) is 1. The van der Waals surface area contributed by atoms with Gasteiger partial charge in [0.05, 0.1) is 0 Å². The average Bonchev–Trinajstić information content (AvgIpc) is 3.10. The number of rotatable bonds is 6. The van der Waals surface area contributed by atoms with Crippen LogP contribution in [0.2, 0.25) is 0 Å². The van der Waals surface area contributed by atoms with E-state index in [1.807, 2.05) is 0 Å². The molecule has 0 saturated heterocycles. The van der Waals surface area contributed by atoms with E-state index in [1.54, 1.807) is 0 Å². The van der Waals surface area contributed by atoms with Crippen LogP contribution in [0.4, 0.5) is 13.2 Å². The summed E-state index contributed by atoms with van der Waals surface area (Å²) < 4.78 is 41.7. The summed E-state index contributed by atoms with van der Waals surface area (Å²) in [6.45, 7) is -0.651. The second kappa shape index (κ2) is 7.87. The summed E-state index contributed by atoms with van der Waals surface area (Å²) in [6, 6.07) is 6.21. The fourth-order valence-corrected chi connectivity index (χ4v) is 3.21. The molecule has 3 aromatic rings. The van der Waals surface area contributed by atoms with Gasteiger partial charge < -0.3 is 20.3 Å². The number of hydrogen-bond donors (Lipinski definition) is 3. The lowest BCUT2D eigenvalue weighted by Gasteiger charge is -2.11. The summed E-state index contributed by atoms with van der Waals surface area (Å²) in [5, 5.41) is 25.3. The molecule has 0 atom stereocenters. The van der Waals surface area contributed by atoms with E-state index in [1.165, 1.54) is 22.7 Å². The van der Waals surface area contributed by atoms with Gasteiger partial charge in [0.2, 0.25) is 0 Å². The Kier molecular flexibility index (Phi) is 5.50. The summed E-state index contributed by atoms with van der Waals surface area (Å²) in [5.41, 5.74) is -0.283. The van der Waals surface area contributed by atoms with Crippen molar-refractivity contribution in [1.82, 2.24) is 19.9 Å². The smallest absolute Gasteiger partial charge is 0.507 e. The highest BCUT2D eigenvalue weighted by Gasteiger charge is 2.31. The van der Waals surface area contributed by atoms with E-state index in [2.05, 4.69) is 20.1 Å². The van der Waals surface area contributed by atoms with Crippen LogP contribution >= 0.6 is 11.8 Å². The normalized spacial score (nSPS) is 11.4. The first kappa shape index (κ1) is 20.3. The number of carbonyl (C=O) groups is 2. The van der Waals surface area contributed by atoms with Gasteiger partial charge in [0.15, 0.2) is 5.65 Å². The maximum Gasteiger partial charge on any atom is 0.573 e. The molecule has 3 N–H and O–H groups in total. The molecule has 0 bridgehead atoms. The van der Waals surface area contributed by atoms with Crippen molar-refractivity contribution in [3.63, 3.8) is 0 Å². The lowest BCUT2D eigenvalue weighted by atomic mass is 10.2. The lowest BCUT2D eigenvalue weighted by molar-refractivity contribution is -0.274. The Bertz CT molecular complexity index is 1070. The number of halogens is 3. The van der Waals surface area contributed by atoms with Crippen molar-refractivity contribution in [2.75, 3.05) is 6.54 Å². The van der Waals surface area contributed by atoms with Gasteiger partial charge in [-0.25, -0.2) is 9.50 Å². The monoisotopic (exact) mass is 428 g/mol. The van der Waals surface area contributed by atoms with Gasteiger partial charge in [-0.1, -0.05) is 11.8 Å². The van der Waals surface area contributed by atoms with E-state index in [-0.39, 0.29) is 17.0 Å². The Morgan fingerprint density at radius 2 is 1.93 bits per heavy atom. The number of ether oxygens (including phenoxy) is 1.